The number of ether oxygens (including phenoxy) is 1. The number of nitrogens with one attached hydrogen (secondary N) is 1. The molecule has 1 rings (SSSR count). The maximum Gasteiger partial charge on any atom is 0.407 e. The molecule has 1 aliphatic rings. The molecule has 9 heavy (non-hydrogen) atoms. The second kappa shape index (κ2) is 2.23. The van der Waals surface area contributed by atoms with E-state index < -0.39 is 0 Å². The molecule has 1 amide bonds. The summed E-state index contributed by atoms with van der Waals surface area (Å²) in [7, 11) is 0. The zero-order valence-electron chi connectivity index (χ0n) is 5.26. The molecule has 0 aromatic heterocycles. The number of alkyl carbamates (subject to hydrolysis) is 1. The third-order valence-corrected chi connectivity index (χ3v) is 1.29. The van der Waals surface area contributed by atoms with E-state index in [4.69, 9.17) is 10.5 Å². The minimum atomic E-state index is -0.364. The highest BCUT2D eigenvalue weighted by molar-refractivity contribution is 5.69. The Morgan fingerprint density at radius 2 is 2.67 bits per heavy atom. The summed E-state index contributed by atoms with van der Waals surface area (Å²) in [6.07, 6.45) is -0.505. The molecule has 52 valence electrons. The first kappa shape index (κ1) is 6.35. The van der Waals surface area contributed by atoms with E-state index in [0.29, 0.717) is 6.54 Å². The Kier molecular flexibility index (Phi) is 1.57. The lowest BCUT2D eigenvalue weighted by atomic mass is 10.2. The van der Waals surface area contributed by atoms with E-state index in [9.17, 15) is 4.79 Å². The van der Waals surface area contributed by atoms with E-state index in [0.717, 1.165) is 0 Å². The first-order valence-electron chi connectivity index (χ1n) is 2.90. The van der Waals surface area contributed by atoms with Crippen molar-refractivity contribution in [3.8, 4) is 0 Å². The largest absolute Gasteiger partial charge is 0.443 e. The van der Waals surface area contributed by atoms with Crippen LogP contribution in [0, 0.1) is 0 Å². The molecule has 4 nitrogen and oxygen atoms in total. The predicted molar refractivity (Wildman–Crippen MR) is 31.9 cm³/mol. The number of carbonyl (C=O) groups is 1. The lowest BCUT2D eigenvalue weighted by Gasteiger charge is -2.09. The van der Waals surface area contributed by atoms with E-state index in [1.165, 1.54) is 0 Å². The van der Waals surface area contributed by atoms with Crippen LogP contribution in [-0.2, 0) is 4.74 Å². The van der Waals surface area contributed by atoms with Crippen molar-refractivity contribution < 1.29 is 9.53 Å². The molecule has 0 spiro atoms. The fraction of sp³-hybridized carbons (Fsp3) is 0.800. The van der Waals surface area contributed by atoms with Gasteiger partial charge in [0.2, 0.25) is 0 Å². The van der Waals surface area contributed by atoms with Crippen LogP contribution in [0.15, 0.2) is 0 Å². The first-order chi connectivity index (χ1) is 4.20. The van der Waals surface area contributed by atoms with Crippen molar-refractivity contribution in [1.82, 2.24) is 5.32 Å². The Morgan fingerprint density at radius 1 is 2.00 bits per heavy atom. The van der Waals surface area contributed by atoms with E-state index in [1.54, 1.807) is 0 Å². The summed E-state index contributed by atoms with van der Waals surface area (Å²) in [6.45, 7) is 2.35. The molecule has 2 atom stereocenters. The minimum absolute atomic E-state index is 0.0797. The highest BCUT2D eigenvalue weighted by atomic mass is 16.6. The average Bonchev–Trinajstić information content (AvgIpc) is 2.14. The van der Waals surface area contributed by atoms with Gasteiger partial charge in [0, 0.05) is 6.04 Å². The third-order valence-electron chi connectivity index (χ3n) is 1.29. The quantitative estimate of drug-likeness (QED) is 0.500. The average molecular weight is 130 g/mol. The van der Waals surface area contributed by atoms with E-state index in [2.05, 4.69) is 5.32 Å². The van der Waals surface area contributed by atoms with Gasteiger partial charge in [-0.15, -0.1) is 0 Å². The Bertz CT molecular complexity index is 124. The van der Waals surface area contributed by atoms with Crippen LogP contribution in [0.2, 0.25) is 0 Å². The monoisotopic (exact) mass is 130 g/mol. The van der Waals surface area contributed by atoms with Crippen LogP contribution in [-0.4, -0.2) is 24.8 Å². The molecular formula is C5H10N2O2. The summed E-state index contributed by atoms with van der Waals surface area (Å²) in [4.78, 5) is 10.4. The van der Waals surface area contributed by atoms with Gasteiger partial charge in [-0.25, -0.2) is 4.79 Å². The molecule has 1 fully saturated rings. The third kappa shape index (κ3) is 1.32. The fourth-order valence-electron chi connectivity index (χ4n) is 0.698. The number of carbonyl (C=O) groups excluding carboxylic acids is 1. The van der Waals surface area contributed by atoms with Crippen LogP contribution < -0.4 is 11.1 Å². The Hall–Kier alpha value is -0.770. The number of nitrogens with two attached hydrogens (primary N) is 1. The predicted octanol–water partition coefficient (Wildman–Crippen LogP) is -0.558. The molecule has 0 saturated carbocycles. The van der Waals surface area contributed by atoms with Crippen LogP contribution >= 0.6 is 0 Å². The van der Waals surface area contributed by atoms with Crippen LogP contribution in [0.1, 0.15) is 6.92 Å². The standard InChI is InChI=1S/C5H10N2O2/c1-3(6)4-2-7-5(8)9-4/h3-4H,2,6H2,1H3,(H,7,8). The summed E-state index contributed by atoms with van der Waals surface area (Å²) in [5.74, 6) is 0. The molecule has 3 N–H and O–H groups in total. The molecule has 2 unspecified atom stereocenters. The summed E-state index contributed by atoms with van der Waals surface area (Å²) in [5, 5.41) is 2.51. The Balaban J connectivity index is 2.39. The molecule has 0 aromatic rings. The minimum Gasteiger partial charge on any atom is -0.443 e. The molecule has 1 heterocycles. The normalized spacial score (nSPS) is 29.1. The SMILES string of the molecule is CC(N)C1CNC(=O)O1. The van der Waals surface area contributed by atoms with Crippen molar-refractivity contribution >= 4 is 6.09 Å². The second-order valence-electron chi connectivity index (χ2n) is 2.18. The Labute approximate surface area is 53.4 Å². The number of amides is 1. The van der Waals surface area contributed by atoms with E-state index in [-0.39, 0.29) is 18.2 Å². The van der Waals surface area contributed by atoms with Crippen LogP contribution in [0.5, 0.6) is 0 Å². The summed E-state index contributed by atoms with van der Waals surface area (Å²) < 4.78 is 4.75. The van der Waals surface area contributed by atoms with Gasteiger partial charge >= 0.3 is 6.09 Å². The highest BCUT2D eigenvalue weighted by Gasteiger charge is 2.25. The molecule has 0 radical (unpaired) electrons. The van der Waals surface area contributed by atoms with Crippen LogP contribution in [0.25, 0.3) is 0 Å². The molecule has 0 aliphatic carbocycles. The Morgan fingerprint density at radius 3 is 2.89 bits per heavy atom. The molecule has 1 aliphatic heterocycles. The van der Waals surface area contributed by atoms with E-state index >= 15 is 0 Å². The van der Waals surface area contributed by atoms with Gasteiger partial charge in [0.1, 0.15) is 6.10 Å². The first-order valence-corrected chi connectivity index (χ1v) is 2.90. The number of cyclic esters (lactones) is 1. The van der Waals surface area contributed by atoms with Crippen molar-refractivity contribution in [3.63, 3.8) is 0 Å². The molecule has 1 saturated heterocycles. The number of rotatable bonds is 1. The molecule has 0 bridgehead atoms. The van der Waals surface area contributed by atoms with Crippen molar-refractivity contribution in [2.45, 2.75) is 19.1 Å². The van der Waals surface area contributed by atoms with Crippen molar-refractivity contribution in [1.29, 1.82) is 0 Å². The summed E-state index contributed by atoms with van der Waals surface area (Å²) in [6, 6.07) is -0.0797. The smallest absolute Gasteiger partial charge is 0.407 e. The zero-order chi connectivity index (χ0) is 6.85. The molecule has 0 aromatic carbocycles. The van der Waals surface area contributed by atoms with Gasteiger partial charge in [-0.2, -0.15) is 0 Å². The van der Waals surface area contributed by atoms with Gasteiger partial charge in [0.15, 0.2) is 0 Å². The maximum absolute atomic E-state index is 10.4. The highest BCUT2D eigenvalue weighted by Crippen LogP contribution is 2.01. The topological polar surface area (TPSA) is 64.3 Å². The van der Waals surface area contributed by atoms with Gasteiger partial charge in [-0.05, 0) is 6.92 Å². The van der Waals surface area contributed by atoms with Crippen molar-refractivity contribution in [3.05, 3.63) is 0 Å². The molecular weight excluding hydrogens is 120 g/mol. The van der Waals surface area contributed by atoms with Crippen LogP contribution in [0.3, 0.4) is 0 Å². The summed E-state index contributed by atoms with van der Waals surface area (Å²) >= 11 is 0. The lowest BCUT2D eigenvalue weighted by Crippen LogP contribution is -2.34. The lowest BCUT2D eigenvalue weighted by molar-refractivity contribution is 0.129. The van der Waals surface area contributed by atoms with Gasteiger partial charge in [-0.1, -0.05) is 0 Å². The van der Waals surface area contributed by atoms with Gasteiger partial charge < -0.3 is 15.8 Å². The maximum atomic E-state index is 10.4. The van der Waals surface area contributed by atoms with Crippen molar-refractivity contribution in [2.24, 2.45) is 5.73 Å². The van der Waals surface area contributed by atoms with Gasteiger partial charge in [0.05, 0.1) is 6.54 Å². The zero-order valence-corrected chi connectivity index (χ0v) is 5.26. The fourth-order valence-corrected chi connectivity index (χ4v) is 0.698. The van der Waals surface area contributed by atoms with Gasteiger partial charge in [0.25, 0.3) is 0 Å². The summed E-state index contributed by atoms with van der Waals surface area (Å²) in [5.41, 5.74) is 5.44. The molecule has 4 heteroatoms. The number of hydrogen-bond donors (Lipinski definition) is 2. The van der Waals surface area contributed by atoms with Crippen molar-refractivity contribution in [2.75, 3.05) is 6.54 Å². The van der Waals surface area contributed by atoms with Crippen LogP contribution in [0.4, 0.5) is 4.79 Å². The second-order valence-corrected chi connectivity index (χ2v) is 2.18. The van der Waals surface area contributed by atoms with Gasteiger partial charge in [-0.3, -0.25) is 0 Å². The van der Waals surface area contributed by atoms with E-state index in [1.807, 2.05) is 6.92 Å². The number of hydrogen-bond acceptors (Lipinski definition) is 3.